The van der Waals surface area contributed by atoms with Crippen LogP contribution in [0.15, 0.2) is 46.8 Å². The second kappa shape index (κ2) is 11.0. The van der Waals surface area contributed by atoms with Gasteiger partial charge in [0.1, 0.15) is 28.9 Å². The van der Waals surface area contributed by atoms with Gasteiger partial charge in [0.25, 0.3) is 6.43 Å². The van der Waals surface area contributed by atoms with Gasteiger partial charge in [-0.3, -0.25) is 14.4 Å². The maximum atomic E-state index is 14.0. The molecular weight excluding hydrogens is 487 g/mol. The largest absolute Gasteiger partial charge is 0.463 e. The molecule has 190 valence electrons. The Hall–Kier alpha value is -4.65. The number of imidazole rings is 1. The van der Waals surface area contributed by atoms with Gasteiger partial charge in [0, 0.05) is 24.7 Å². The number of piperidine rings is 1. The standard InChI is InChI=1S/C24H22F3N9O/c1-14(33-17-4-6-35(13-29)7-5-17)22(34-30)15-8-20-32-12-18(10-28)36(20)21(9-15)37-23(24(26)27)19-3-2-16(25)11-31-19/h2-3,8-9,11-12,17,23-24H,4-7,30H2,1H3/b33-14?,34-22+. The number of ether oxygens (including phenoxy) is 1. The van der Waals surface area contributed by atoms with Crippen molar-refractivity contribution in [3.05, 3.63) is 59.4 Å². The fourth-order valence-corrected chi connectivity index (χ4v) is 4.11. The van der Waals surface area contributed by atoms with Gasteiger partial charge >= 0.3 is 0 Å². The van der Waals surface area contributed by atoms with E-state index < -0.39 is 18.3 Å². The van der Waals surface area contributed by atoms with E-state index in [2.05, 4.69) is 21.3 Å². The Morgan fingerprint density at radius 3 is 2.54 bits per heavy atom. The lowest BCUT2D eigenvalue weighted by molar-refractivity contribution is 0.00485. The molecule has 0 radical (unpaired) electrons. The molecule has 0 aliphatic carbocycles. The zero-order valence-corrected chi connectivity index (χ0v) is 19.7. The van der Waals surface area contributed by atoms with E-state index in [9.17, 15) is 18.4 Å². The molecule has 4 rings (SSSR count). The van der Waals surface area contributed by atoms with Crippen LogP contribution in [0.3, 0.4) is 0 Å². The van der Waals surface area contributed by atoms with Gasteiger partial charge in [-0.15, -0.1) is 0 Å². The summed E-state index contributed by atoms with van der Waals surface area (Å²) in [6, 6.07) is 7.02. The quantitative estimate of drug-likeness (QED) is 0.223. The summed E-state index contributed by atoms with van der Waals surface area (Å²) in [6.07, 6.45) is 0.716. The number of pyridine rings is 2. The van der Waals surface area contributed by atoms with Crippen LogP contribution >= 0.6 is 0 Å². The van der Waals surface area contributed by atoms with Gasteiger partial charge in [0.15, 0.2) is 6.19 Å². The number of nitrogens with zero attached hydrogens (tertiary/aromatic N) is 8. The number of nitrogens with two attached hydrogens (primary N) is 1. The fraction of sp³-hybridized carbons (Fsp3) is 0.333. The molecule has 1 fully saturated rings. The average molecular weight is 509 g/mol. The van der Waals surface area contributed by atoms with Crippen LogP contribution in [0, 0.1) is 28.6 Å². The molecule has 3 aromatic heterocycles. The van der Waals surface area contributed by atoms with E-state index >= 15 is 0 Å². The third kappa shape index (κ3) is 5.46. The highest BCUT2D eigenvalue weighted by Crippen LogP contribution is 2.29. The zero-order valence-electron chi connectivity index (χ0n) is 19.7. The molecular formula is C24H22F3N9O. The molecule has 0 bridgehead atoms. The van der Waals surface area contributed by atoms with Gasteiger partial charge in [-0.1, -0.05) is 0 Å². The molecule has 1 aliphatic rings. The molecule has 0 amide bonds. The van der Waals surface area contributed by atoms with E-state index in [4.69, 9.17) is 20.8 Å². The van der Waals surface area contributed by atoms with E-state index in [1.54, 1.807) is 17.9 Å². The third-order valence-corrected chi connectivity index (χ3v) is 5.93. The molecule has 0 saturated carbocycles. The molecule has 1 saturated heterocycles. The minimum atomic E-state index is -3.02. The second-order valence-corrected chi connectivity index (χ2v) is 8.32. The monoisotopic (exact) mass is 509 g/mol. The van der Waals surface area contributed by atoms with Crippen molar-refractivity contribution in [1.82, 2.24) is 19.3 Å². The number of hydrogen-bond acceptors (Lipinski definition) is 9. The van der Waals surface area contributed by atoms with E-state index in [0.717, 1.165) is 18.3 Å². The van der Waals surface area contributed by atoms with Crippen molar-refractivity contribution in [2.75, 3.05) is 13.1 Å². The smallest absolute Gasteiger partial charge is 0.280 e. The van der Waals surface area contributed by atoms with Crippen LogP contribution in [-0.4, -0.2) is 56.2 Å². The first-order valence-corrected chi connectivity index (χ1v) is 11.3. The van der Waals surface area contributed by atoms with E-state index in [1.165, 1.54) is 16.7 Å². The molecule has 3 aromatic rings. The number of nitriles is 2. The minimum Gasteiger partial charge on any atom is -0.463 e. The Kier molecular flexibility index (Phi) is 7.53. The number of likely N-dealkylation sites (tertiary alicyclic amines) is 1. The van der Waals surface area contributed by atoms with E-state index in [0.29, 0.717) is 37.2 Å². The van der Waals surface area contributed by atoms with E-state index in [-0.39, 0.29) is 34.7 Å². The minimum absolute atomic E-state index is 0.0369. The average Bonchev–Trinajstić information content (AvgIpc) is 3.32. The predicted octanol–water partition coefficient (Wildman–Crippen LogP) is 3.19. The van der Waals surface area contributed by atoms with Crippen molar-refractivity contribution in [3.63, 3.8) is 0 Å². The van der Waals surface area contributed by atoms with Crippen molar-refractivity contribution < 1.29 is 17.9 Å². The van der Waals surface area contributed by atoms with Crippen LogP contribution in [-0.2, 0) is 0 Å². The number of aromatic nitrogens is 3. The summed E-state index contributed by atoms with van der Waals surface area (Å²) in [4.78, 5) is 14.3. The summed E-state index contributed by atoms with van der Waals surface area (Å²) >= 11 is 0. The van der Waals surface area contributed by atoms with Crippen molar-refractivity contribution in [1.29, 1.82) is 10.5 Å². The number of hydrogen-bond donors (Lipinski definition) is 1. The maximum Gasteiger partial charge on any atom is 0.280 e. The number of alkyl halides is 2. The fourth-order valence-electron chi connectivity index (χ4n) is 4.11. The highest BCUT2D eigenvalue weighted by Gasteiger charge is 2.28. The number of fused-ring (bicyclic) bond motifs is 1. The number of rotatable bonds is 7. The lowest BCUT2D eigenvalue weighted by Crippen LogP contribution is -2.32. The first-order chi connectivity index (χ1) is 17.8. The molecule has 1 atom stereocenters. The van der Waals surface area contributed by atoms with Crippen molar-refractivity contribution in [2.24, 2.45) is 15.9 Å². The Balaban J connectivity index is 1.73. The van der Waals surface area contributed by atoms with E-state index in [1.807, 2.05) is 6.07 Å². The summed E-state index contributed by atoms with van der Waals surface area (Å²) in [5.41, 5.74) is 1.27. The summed E-state index contributed by atoms with van der Waals surface area (Å²) in [6.45, 7) is 2.91. The number of hydrazone groups is 1. The van der Waals surface area contributed by atoms with Gasteiger partial charge in [-0.05, 0) is 38.0 Å². The van der Waals surface area contributed by atoms with Crippen LogP contribution < -0.4 is 10.6 Å². The molecule has 13 heteroatoms. The normalized spacial score (nSPS) is 16.0. The van der Waals surface area contributed by atoms with Gasteiger partial charge in [0.05, 0.1) is 29.8 Å². The summed E-state index contributed by atoms with van der Waals surface area (Å²) in [5.74, 6) is 4.89. The third-order valence-electron chi connectivity index (χ3n) is 5.93. The van der Waals surface area contributed by atoms with Crippen LogP contribution in [0.1, 0.15) is 42.8 Å². The second-order valence-electron chi connectivity index (χ2n) is 8.32. The molecule has 2 N–H and O–H groups in total. The molecule has 4 heterocycles. The Labute approximate surface area is 210 Å². The van der Waals surface area contributed by atoms with Crippen LogP contribution in [0.25, 0.3) is 5.65 Å². The summed E-state index contributed by atoms with van der Waals surface area (Å²) in [5, 5.41) is 22.4. The lowest BCUT2D eigenvalue weighted by atomic mass is 10.0. The van der Waals surface area contributed by atoms with Gasteiger partial charge in [0.2, 0.25) is 12.0 Å². The molecule has 0 aromatic carbocycles. The first kappa shape index (κ1) is 25.4. The van der Waals surface area contributed by atoms with Crippen molar-refractivity contribution in [2.45, 2.75) is 38.3 Å². The Morgan fingerprint density at radius 2 is 1.95 bits per heavy atom. The maximum absolute atomic E-state index is 14.0. The van der Waals surface area contributed by atoms with Gasteiger partial charge < -0.3 is 15.5 Å². The van der Waals surface area contributed by atoms with Gasteiger partial charge in [-0.2, -0.15) is 15.6 Å². The molecule has 10 nitrogen and oxygen atoms in total. The first-order valence-electron chi connectivity index (χ1n) is 11.3. The lowest BCUT2D eigenvalue weighted by Gasteiger charge is -2.26. The Bertz CT molecular complexity index is 1410. The molecule has 0 spiro atoms. The highest BCUT2D eigenvalue weighted by atomic mass is 19.3. The predicted molar refractivity (Wildman–Crippen MR) is 128 cm³/mol. The summed E-state index contributed by atoms with van der Waals surface area (Å²) in [7, 11) is 0. The highest BCUT2D eigenvalue weighted by molar-refractivity contribution is 6.47. The van der Waals surface area contributed by atoms with Crippen LogP contribution in [0.5, 0.6) is 5.88 Å². The van der Waals surface area contributed by atoms with Crippen LogP contribution in [0.2, 0.25) is 0 Å². The Morgan fingerprint density at radius 1 is 1.19 bits per heavy atom. The summed E-state index contributed by atoms with van der Waals surface area (Å²) < 4.78 is 48.3. The zero-order chi connectivity index (χ0) is 26.5. The number of aliphatic imine (C=N–C) groups is 1. The molecule has 1 aliphatic heterocycles. The van der Waals surface area contributed by atoms with Crippen molar-refractivity contribution >= 4 is 17.1 Å². The topological polar surface area (TPSA) is 141 Å². The van der Waals surface area contributed by atoms with Gasteiger partial charge in [-0.25, -0.2) is 18.2 Å². The molecule has 37 heavy (non-hydrogen) atoms. The van der Waals surface area contributed by atoms with Crippen LogP contribution in [0.4, 0.5) is 13.2 Å². The molecule has 1 unspecified atom stereocenters. The SMILES string of the molecule is CC(=NC1CCN(C#N)CC1)/C(=N\N)c1cc(OC(c2ccc(F)cn2)C(F)F)n2c(C#N)cnc2c1. The number of halogens is 3. The van der Waals surface area contributed by atoms with Crippen molar-refractivity contribution in [3.8, 4) is 18.1 Å².